The maximum absolute atomic E-state index is 12.4. The SMILES string of the molecule is NC(=Cc1c[nH]cn1)C(=O)NCCc1ccc(C(F)(F)F)cc1. The molecule has 0 saturated carbocycles. The molecule has 23 heavy (non-hydrogen) atoms. The number of hydrogen-bond donors (Lipinski definition) is 3. The van der Waals surface area contributed by atoms with Gasteiger partial charge in [-0.15, -0.1) is 0 Å². The van der Waals surface area contributed by atoms with E-state index in [4.69, 9.17) is 5.73 Å². The molecule has 0 radical (unpaired) electrons. The van der Waals surface area contributed by atoms with E-state index in [0.717, 1.165) is 12.1 Å². The minimum absolute atomic E-state index is 0.00418. The van der Waals surface area contributed by atoms with Gasteiger partial charge in [-0.05, 0) is 30.2 Å². The highest BCUT2D eigenvalue weighted by Crippen LogP contribution is 2.29. The summed E-state index contributed by atoms with van der Waals surface area (Å²) in [6, 6.07) is 4.81. The Labute approximate surface area is 130 Å². The van der Waals surface area contributed by atoms with Gasteiger partial charge in [-0.1, -0.05) is 12.1 Å². The summed E-state index contributed by atoms with van der Waals surface area (Å²) in [5, 5.41) is 2.60. The molecule has 0 unspecified atom stereocenters. The van der Waals surface area contributed by atoms with Crippen molar-refractivity contribution in [1.82, 2.24) is 15.3 Å². The molecule has 8 heteroatoms. The van der Waals surface area contributed by atoms with Gasteiger partial charge in [-0.3, -0.25) is 4.79 Å². The van der Waals surface area contributed by atoms with Crippen LogP contribution < -0.4 is 11.1 Å². The number of benzene rings is 1. The van der Waals surface area contributed by atoms with Crippen LogP contribution in [0, 0.1) is 0 Å². The van der Waals surface area contributed by atoms with Crippen LogP contribution in [0.3, 0.4) is 0 Å². The molecule has 0 spiro atoms. The van der Waals surface area contributed by atoms with E-state index in [1.807, 2.05) is 0 Å². The molecule has 2 rings (SSSR count). The first-order chi connectivity index (χ1) is 10.9. The lowest BCUT2D eigenvalue weighted by molar-refractivity contribution is -0.137. The zero-order chi connectivity index (χ0) is 16.9. The highest BCUT2D eigenvalue weighted by Gasteiger charge is 2.29. The molecule has 1 aromatic heterocycles. The van der Waals surface area contributed by atoms with E-state index in [9.17, 15) is 18.0 Å². The van der Waals surface area contributed by atoms with Gasteiger partial charge in [0.25, 0.3) is 5.91 Å². The number of nitrogens with one attached hydrogen (secondary N) is 2. The molecule has 1 heterocycles. The van der Waals surface area contributed by atoms with Gasteiger partial charge < -0.3 is 16.0 Å². The minimum Gasteiger partial charge on any atom is -0.394 e. The number of H-pyrrole nitrogens is 1. The van der Waals surface area contributed by atoms with E-state index in [1.165, 1.54) is 24.5 Å². The van der Waals surface area contributed by atoms with Crippen molar-refractivity contribution >= 4 is 12.0 Å². The number of imidazole rings is 1. The second kappa shape index (κ2) is 6.99. The van der Waals surface area contributed by atoms with E-state index in [-0.39, 0.29) is 12.2 Å². The summed E-state index contributed by atoms with van der Waals surface area (Å²) in [7, 11) is 0. The molecule has 0 aliphatic carbocycles. The molecule has 0 atom stereocenters. The Kier molecular flexibility index (Phi) is 5.05. The van der Waals surface area contributed by atoms with Crippen LogP contribution >= 0.6 is 0 Å². The maximum Gasteiger partial charge on any atom is 0.416 e. The molecule has 0 saturated heterocycles. The van der Waals surface area contributed by atoms with Crippen molar-refractivity contribution in [2.24, 2.45) is 5.73 Å². The number of amides is 1. The smallest absolute Gasteiger partial charge is 0.394 e. The zero-order valence-corrected chi connectivity index (χ0v) is 12.0. The van der Waals surface area contributed by atoms with Gasteiger partial charge in [-0.2, -0.15) is 13.2 Å². The van der Waals surface area contributed by atoms with E-state index in [0.29, 0.717) is 17.7 Å². The fraction of sp³-hybridized carbons (Fsp3) is 0.200. The van der Waals surface area contributed by atoms with Crippen molar-refractivity contribution in [2.45, 2.75) is 12.6 Å². The van der Waals surface area contributed by atoms with Gasteiger partial charge in [0.15, 0.2) is 0 Å². The fourth-order valence-corrected chi connectivity index (χ4v) is 1.86. The number of hydrogen-bond acceptors (Lipinski definition) is 3. The second-order valence-electron chi connectivity index (χ2n) is 4.79. The first kappa shape index (κ1) is 16.6. The van der Waals surface area contributed by atoms with E-state index in [2.05, 4.69) is 15.3 Å². The third-order valence-corrected chi connectivity index (χ3v) is 3.07. The largest absolute Gasteiger partial charge is 0.416 e. The summed E-state index contributed by atoms with van der Waals surface area (Å²) in [6.07, 6.45) is 0.520. The summed E-state index contributed by atoms with van der Waals surface area (Å²) in [5.74, 6) is -0.458. The number of aromatic nitrogens is 2. The second-order valence-corrected chi connectivity index (χ2v) is 4.79. The highest BCUT2D eigenvalue weighted by molar-refractivity contribution is 5.96. The van der Waals surface area contributed by atoms with Crippen molar-refractivity contribution < 1.29 is 18.0 Å². The molecule has 1 amide bonds. The topological polar surface area (TPSA) is 83.8 Å². The predicted molar refractivity (Wildman–Crippen MR) is 78.9 cm³/mol. The van der Waals surface area contributed by atoms with E-state index >= 15 is 0 Å². The van der Waals surface area contributed by atoms with Gasteiger partial charge in [0.2, 0.25) is 0 Å². The Bertz CT molecular complexity index is 676. The van der Waals surface area contributed by atoms with Crippen LogP contribution in [0.5, 0.6) is 0 Å². The lowest BCUT2D eigenvalue weighted by Gasteiger charge is -2.08. The molecule has 0 fully saturated rings. The molecular weight excluding hydrogens is 309 g/mol. The molecule has 2 aromatic rings. The minimum atomic E-state index is -4.35. The number of carbonyl (C=O) groups excluding carboxylic acids is 1. The molecule has 122 valence electrons. The summed E-state index contributed by atoms with van der Waals surface area (Å²) >= 11 is 0. The van der Waals surface area contributed by atoms with Gasteiger partial charge in [0, 0.05) is 12.7 Å². The molecule has 0 aliphatic rings. The van der Waals surface area contributed by atoms with Crippen molar-refractivity contribution in [3.63, 3.8) is 0 Å². The number of nitrogens with two attached hydrogens (primary N) is 1. The van der Waals surface area contributed by atoms with Crippen LogP contribution in [0.2, 0.25) is 0 Å². The van der Waals surface area contributed by atoms with E-state index < -0.39 is 17.6 Å². The maximum atomic E-state index is 12.4. The molecule has 0 aliphatic heterocycles. The van der Waals surface area contributed by atoms with Crippen molar-refractivity contribution in [3.8, 4) is 0 Å². The van der Waals surface area contributed by atoms with Crippen LogP contribution in [0.25, 0.3) is 6.08 Å². The summed E-state index contributed by atoms with van der Waals surface area (Å²) < 4.78 is 37.3. The van der Waals surface area contributed by atoms with Gasteiger partial charge in [0.1, 0.15) is 0 Å². The third kappa shape index (κ3) is 4.87. The van der Waals surface area contributed by atoms with Crippen molar-refractivity contribution in [3.05, 3.63) is 59.3 Å². The number of nitrogens with zero attached hydrogens (tertiary/aromatic N) is 1. The lowest BCUT2D eigenvalue weighted by atomic mass is 10.1. The summed E-state index contributed by atoms with van der Waals surface area (Å²) in [5.41, 5.74) is 6.15. The van der Waals surface area contributed by atoms with Crippen molar-refractivity contribution in [1.29, 1.82) is 0 Å². The number of rotatable bonds is 5. The third-order valence-electron chi connectivity index (χ3n) is 3.07. The molecular formula is C15H15F3N4O. The summed E-state index contributed by atoms with van der Waals surface area (Å²) in [6.45, 7) is 0.263. The Hall–Kier alpha value is -2.77. The molecule has 0 bridgehead atoms. The first-order valence-corrected chi connectivity index (χ1v) is 6.76. The normalized spacial score (nSPS) is 12.2. The van der Waals surface area contributed by atoms with E-state index in [1.54, 1.807) is 6.20 Å². The van der Waals surface area contributed by atoms with Crippen LogP contribution in [0.4, 0.5) is 13.2 Å². The highest BCUT2D eigenvalue weighted by atomic mass is 19.4. The quantitative estimate of drug-likeness (QED) is 0.736. The van der Waals surface area contributed by atoms with Crippen LogP contribution in [0.1, 0.15) is 16.8 Å². The monoisotopic (exact) mass is 324 g/mol. The van der Waals surface area contributed by atoms with Gasteiger partial charge in [0.05, 0.1) is 23.3 Å². The average molecular weight is 324 g/mol. The standard InChI is InChI=1S/C15H15F3N4O/c16-15(17,18)11-3-1-10(2-4-11)5-6-21-14(23)13(19)7-12-8-20-9-22-12/h1-4,7-9H,5-6,19H2,(H,20,22)(H,21,23). The number of halogens is 3. The van der Waals surface area contributed by atoms with Gasteiger partial charge in [-0.25, -0.2) is 4.98 Å². The van der Waals surface area contributed by atoms with Crippen molar-refractivity contribution in [2.75, 3.05) is 6.54 Å². The number of aromatic amines is 1. The fourth-order valence-electron chi connectivity index (χ4n) is 1.86. The molecule has 4 N–H and O–H groups in total. The molecule has 1 aromatic carbocycles. The zero-order valence-electron chi connectivity index (χ0n) is 12.0. The Balaban J connectivity index is 1.84. The number of alkyl halides is 3. The average Bonchev–Trinajstić information content (AvgIpc) is 2.99. The number of carbonyl (C=O) groups is 1. The van der Waals surface area contributed by atoms with Crippen LogP contribution in [0.15, 0.2) is 42.5 Å². The first-order valence-electron chi connectivity index (χ1n) is 6.76. The van der Waals surface area contributed by atoms with Crippen LogP contribution in [-0.4, -0.2) is 22.4 Å². The Morgan fingerprint density at radius 2 is 2.00 bits per heavy atom. The Morgan fingerprint density at radius 1 is 1.30 bits per heavy atom. The summed E-state index contributed by atoms with van der Waals surface area (Å²) in [4.78, 5) is 18.4. The Morgan fingerprint density at radius 3 is 2.57 bits per heavy atom. The predicted octanol–water partition coefficient (Wildman–Crippen LogP) is 2.09. The van der Waals surface area contributed by atoms with Crippen LogP contribution in [-0.2, 0) is 17.4 Å². The lowest BCUT2D eigenvalue weighted by Crippen LogP contribution is -2.30. The molecule has 5 nitrogen and oxygen atoms in total. The van der Waals surface area contributed by atoms with Gasteiger partial charge >= 0.3 is 6.18 Å².